The van der Waals surface area contributed by atoms with E-state index in [-0.39, 0.29) is 23.2 Å². The summed E-state index contributed by atoms with van der Waals surface area (Å²) in [6.45, 7) is 0.810. The van der Waals surface area contributed by atoms with Gasteiger partial charge in [-0.2, -0.15) is 5.26 Å². The van der Waals surface area contributed by atoms with E-state index < -0.39 is 17.3 Å². The van der Waals surface area contributed by atoms with Crippen LogP contribution in [-0.4, -0.2) is 36.9 Å². The third-order valence-corrected chi connectivity index (χ3v) is 7.59. The SMILES string of the molecule is CN1C(=O)C2CN(c3ccc(F)cc3)CC2(c2ccc(-c3ccc(F)c(C#N)c3)s2)N=C1N. The summed E-state index contributed by atoms with van der Waals surface area (Å²) in [6.07, 6.45) is 0. The fraction of sp³-hybridized carbons (Fsp3) is 0.208. The lowest BCUT2D eigenvalue weighted by Gasteiger charge is -2.36. The van der Waals surface area contributed by atoms with Crippen molar-refractivity contribution < 1.29 is 13.6 Å². The van der Waals surface area contributed by atoms with Crippen LogP contribution in [-0.2, 0) is 10.3 Å². The fourth-order valence-corrected chi connectivity index (χ4v) is 5.69. The number of rotatable bonds is 3. The molecule has 1 saturated heterocycles. The standard InChI is InChI=1S/C24H19F2N5OS/c1-30-22(32)18-12-31(17-5-3-16(25)4-6-17)13-24(18,29-23(30)28)21-9-8-20(33-21)14-2-7-19(26)15(10-14)11-27/h2-10,18H,12-13H2,1H3,(H2,28,29). The second-order valence-corrected chi connectivity index (χ2v) is 9.26. The predicted octanol–water partition coefficient (Wildman–Crippen LogP) is 3.68. The van der Waals surface area contributed by atoms with E-state index in [0.29, 0.717) is 18.7 Å². The zero-order chi connectivity index (χ0) is 23.3. The van der Waals surface area contributed by atoms with Crippen LogP contribution in [0, 0.1) is 28.9 Å². The van der Waals surface area contributed by atoms with E-state index >= 15 is 0 Å². The number of guanidine groups is 1. The first-order valence-electron chi connectivity index (χ1n) is 10.3. The average molecular weight is 464 g/mol. The molecule has 0 aliphatic carbocycles. The number of halogens is 2. The van der Waals surface area contributed by atoms with E-state index in [2.05, 4.69) is 0 Å². The summed E-state index contributed by atoms with van der Waals surface area (Å²) in [6, 6.07) is 16.2. The van der Waals surface area contributed by atoms with E-state index in [1.807, 2.05) is 23.1 Å². The van der Waals surface area contributed by atoms with Crippen molar-refractivity contribution in [3.63, 3.8) is 0 Å². The number of benzene rings is 2. The molecule has 0 saturated carbocycles. The van der Waals surface area contributed by atoms with Crippen LogP contribution in [0.5, 0.6) is 0 Å². The van der Waals surface area contributed by atoms with Gasteiger partial charge in [0.1, 0.15) is 23.2 Å². The summed E-state index contributed by atoms with van der Waals surface area (Å²) in [5, 5.41) is 9.17. The quantitative estimate of drug-likeness (QED) is 0.642. The van der Waals surface area contributed by atoms with Crippen LogP contribution < -0.4 is 10.6 Å². The fourth-order valence-electron chi connectivity index (χ4n) is 4.50. The summed E-state index contributed by atoms with van der Waals surface area (Å²) >= 11 is 1.44. The Bertz CT molecular complexity index is 1330. The molecule has 2 aromatic carbocycles. The third kappa shape index (κ3) is 3.34. The monoisotopic (exact) mass is 463 g/mol. The zero-order valence-corrected chi connectivity index (χ0v) is 18.4. The summed E-state index contributed by atoms with van der Waals surface area (Å²) < 4.78 is 27.2. The molecule has 2 atom stereocenters. The number of aliphatic imine (C=N–C) groups is 1. The van der Waals surface area contributed by atoms with Gasteiger partial charge in [0.25, 0.3) is 0 Å². The Hall–Kier alpha value is -3.77. The number of fused-ring (bicyclic) bond motifs is 1. The summed E-state index contributed by atoms with van der Waals surface area (Å²) in [5.74, 6) is -1.37. The van der Waals surface area contributed by atoms with E-state index in [1.165, 1.54) is 40.5 Å². The van der Waals surface area contributed by atoms with Gasteiger partial charge in [-0.15, -0.1) is 11.3 Å². The van der Waals surface area contributed by atoms with Gasteiger partial charge in [-0.05, 0) is 54.1 Å². The van der Waals surface area contributed by atoms with Crippen molar-refractivity contribution in [2.45, 2.75) is 5.54 Å². The van der Waals surface area contributed by atoms with E-state index in [4.69, 9.17) is 16.0 Å². The van der Waals surface area contributed by atoms with Gasteiger partial charge in [0, 0.05) is 35.6 Å². The molecule has 2 N–H and O–H groups in total. The molecule has 5 rings (SSSR count). The van der Waals surface area contributed by atoms with Gasteiger partial charge in [-0.25, -0.2) is 13.8 Å². The molecule has 2 aliphatic rings. The molecule has 2 unspecified atom stereocenters. The molecule has 2 aliphatic heterocycles. The minimum atomic E-state index is -0.900. The number of hydrogen-bond donors (Lipinski definition) is 1. The lowest BCUT2D eigenvalue weighted by atomic mass is 9.84. The van der Waals surface area contributed by atoms with E-state index in [0.717, 1.165) is 15.4 Å². The summed E-state index contributed by atoms with van der Waals surface area (Å²) in [5.41, 5.74) is 6.71. The molecule has 3 aromatic rings. The minimum Gasteiger partial charge on any atom is -0.369 e. The predicted molar refractivity (Wildman–Crippen MR) is 123 cm³/mol. The Kier molecular flexibility index (Phi) is 4.91. The molecule has 0 spiro atoms. The molecule has 0 radical (unpaired) electrons. The first kappa shape index (κ1) is 21.1. The number of carbonyl (C=O) groups is 1. The molecule has 9 heteroatoms. The Morgan fingerprint density at radius 3 is 2.67 bits per heavy atom. The Balaban J connectivity index is 1.59. The maximum Gasteiger partial charge on any atom is 0.236 e. The van der Waals surface area contributed by atoms with Crippen LogP contribution in [0.1, 0.15) is 10.4 Å². The molecule has 1 fully saturated rings. The van der Waals surface area contributed by atoms with Gasteiger partial charge in [0.15, 0.2) is 5.96 Å². The zero-order valence-electron chi connectivity index (χ0n) is 17.6. The second-order valence-electron chi connectivity index (χ2n) is 8.17. The van der Waals surface area contributed by atoms with Crippen LogP contribution in [0.4, 0.5) is 14.5 Å². The maximum absolute atomic E-state index is 13.8. The van der Waals surface area contributed by atoms with Gasteiger partial charge in [-0.3, -0.25) is 9.69 Å². The molecule has 0 bridgehead atoms. The molecule has 1 amide bonds. The average Bonchev–Trinajstić information content (AvgIpc) is 3.45. The van der Waals surface area contributed by atoms with Gasteiger partial charge in [-0.1, -0.05) is 6.07 Å². The van der Waals surface area contributed by atoms with Gasteiger partial charge in [0.2, 0.25) is 5.91 Å². The number of amides is 1. The lowest BCUT2D eigenvalue weighted by molar-refractivity contribution is -0.132. The van der Waals surface area contributed by atoms with Crippen molar-refractivity contribution in [3.8, 4) is 16.5 Å². The smallest absolute Gasteiger partial charge is 0.236 e. The van der Waals surface area contributed by atoms with Crippen molar-refractivity contribution in [2.75, 3.05) is 25.0 Å². The van der Waals surface area contributed by atoms with Gasteiger partial charge >= 0.3 is 0 Å². The molecule has 6 nitrogen and oxygen atoms in total. The molecular formula is C24H19F2N5OS. The highest BCUT2D eigenvalue weighted by Crippen LogP contribution is 2.48. The summed E-state index contributed by atoms with van der Waals surface area (Å²) in [4.78, 5) is 23.1. The van der Waals surface area contributed by atoms with Crippen LogP contribution >= 0.6 is 11.3 Å². The van der Waals surface area contributed by atoms with Crippen LogP contribution in [0.15, 0.2) is 59.6 Å². The third-order valence-electron chi connectivity index (χ3n) is 6.29. The maximum atomic E-state index is 13.8. The molecule has 1 aromatic heterocycles. The van der Waals surface area contributed by atoms with Gasteiger partial charge < -0.3 is 10.6 Å². The number of nitrogens with two attached hydrogens (primary N) is 1. The normalized spacial score (nSPS) is 22.2. The topological polar surface area (TPSA) is 85.7 Å². The van der Waals surface area contributed by atoms with Crippen molar-refractivity contribution in [3.05, 3.63) is 76.7 Å². The number of anilines is 1. The van der Waals surface area contributed by atoms with Gasteiger partial charge in [0.05, 0.1) is 11.5 Å². The minimum absolute atomic E-state index is 0.0291. The molecule has 3 heterocycles. The number of thiophene rings is 1. The highest BCUT2D eigenvalue weighted by molar-refractivity contribution is 7.15. The van der Waals surface area contributed by atoms with Crippen molar-refractivity contribution in [1.82, 2.24) is 4.90 Å². The Labute approximate surface area is 193 Å². The van der Waals surface area contributed by atoms with Crippen molar-refractivity contribution in [2.24, 2.45) is 16.6 Å². The van der Waals surface area contributed by atoms with Crippen molar-refractivity contribution in [1.29, 1.82) is 5.26 Å². The van der Waals surface area contributed by atoms with E-state index in [1.54, 1.807) is 25.2 Å². The van der Waals surface area contributed by atoms with Crippen molar-refractivity contribution >= 4 is 28.9 Å². The molecule has 33 heavy (non-hydrogen) atoms. The highest BCUT2D eigenvalue weighted by Gasteiger charge is 2.56. The highest BCUT2D eigenvalue weighted by atomic mass is 32.1. The largest absolute Gasteiger partial charge is 0.369 e. The first-order valence-corrected chi connectivity index (χ1v) is 11.1. The van der Waals surface area contributed by atoms with E-state index in [9.17, 15) is 13.6 Å². The second kappa shape index (κ2) is 7.67. The number of hydrogen-bond acceptors (Lipinski definition) is 6. The Morgan fingerprint density at radius 1 is 1.18 bits per heavy atom. The lowest BCUT2D eigenvalue weighted by Crippen LogP contribution is -2.54. The van der Waals surface area contributed by atoms with Crippen LogP contribution in [0.25, 0.3) is 10.4 Å². The molecule has 166 valence electrons. The van der Waals surface area contributed by atoms with Crippen LogP contribution in [0.3, 0.4) is 0 Å². The number of nitrogens with zero attached hydrogens (tertiary/aromatic N) is 4. The number of carbonyl (C=O) groups excluding carboxylic acids is 1. The number of nitriles is 1. The first-order chi connectivity index (χ1) is 15.8. The Morgan fingerprint density at radius 2 is 1.94 bits per heavy atom. The summed E-state index contributed by atoms with van der Waals surface area (Å²) in [7, 11) is 1.60. The van der Waals surface area contributed by atoms with Crippen LogP contribution in [0.2, 0.25) is 0 Å². The molecular weight excluding hydrogens is 444 g/mol.